The van der Waals surface area contributed by atoms with Gasteiger partial charge in [-0.2, -0.15) is 0 Å². The molecule has 0 aromatic carbocycles. The molecule has 0 radical (unpaired) electrons. The smallest absolute Gasteiger partial charge is 0.323 e. The maximum absolute atomic E-state index is 11.0. The van der Waals surface area contributed by atoms with Crippen LogP contribution in [0, 0.1) is 5.92 Å². The number of carbonyl (C=O) groups excluding carboxylic acids is 1. The molecule has 0 heterocycles. The molecular weight excluding hydrogens is 142 g/mol. The van der Waals surface area contributed by atoms with Gasteiger partial charge in [-0.25, -0.2) is 0 Å². The maximum atomic E-state index is 11.0. The van der Waals surface area contributed by atoms with Gasteiger partial charge in [0.05, 0.1) is 6.10 Å². The molecule has 0 rings (SSSR count). The van der Waals surface area contributed by atoms with Gasteiger partial charge in [-0.05, 0) is 19.8 Å². The van der Waals surface area contributed by atoms with Crippen molar-refractivity contribution in [1.82, 2.24) is 0 Å². The van der Waals surface area contributed by atoms with E-state index in [4.69, 9.17) is 10.5 Å². The molecular formula is C8H17NO2. The van der Waals surface area contributed by atoms with Crippen molar-refractivity contribution in [3.8, 4) is 0 Å². The SMILES string of the molecule is CC(C)OC(=O)[C@H](N)C(C)C. The van der Waals surface area contributed by atoms with Gasteiger partial charge in [0.15, 0.2) is 0 Å². The number of hydrogen-bond donors (Lipinski definition) is 1. The van der Waals surface area contributed by atoms with Crippen LogP contribution in [0.1, 0.15) is 27.7 Å². The van der Waals surface area contributed by atoms with Crippen molar-refractivity contribution in [3.63, 3.8) is 0 Å². The highest BCUT2D eigenvalue weighted by Gasteiger charge is 2.19. The van der Waals surface area contributed by atoms with Gasteiger partial charge in [0, 0.05) is 0 Å². The van der Waals surface area contributed by atoms with Crippen LogP contribution in [-0.4, -0.2) is 18.1 Å². The fourth-order valence-corrected chi connectivity index (χ4v) is 0.583. The molecule has 11 heavy (non-hydrogen) atoms. The summed E-state index contributed by atoms with van der Waals surface area (Å²) < 4.78 is 4.91. The molecule has 0 aromatic heterocycles. The van der Waals surface area contributed by atoms with Gasteiger partial charge in [0.25, 0.3) is 0 Å². The standard InChI is InChI=1S/C8H17NO2/c1-5(2)7(9)8(10)11-6(3)4/h5-7H,9H2,1-4H3/t7-/m1/s1. The molecule has 0 aromatic rings. The second kappa shape index (κ2) is 4.34. The van der Waals surface area contributed by atoms with Gasteiger partial charge in [-0.3, -0.25) is 4.79 Å². The Labute approximate surface area is 67.9 Å². The second-order valence-corrected chi connectivity index (χ2v) is 3.26. The molecule has 0 fully saturated rings. The lowest BCUT2D eigenvalue weighted by Gasteiger charge is -2.16. The van der Waals surface area contributed by atoms with Gasteiger partial charge < -0.3 is 10.5 Å². The molecule has 66 valence electrons. The minimum atomic E-state index is -0.489. The lowest BCUT2D eigenvalue weighted by atomic mass is 10.1. The first-order valence-electron chi connectivity index (χ1n) is 3.91. The van der Waals surface area contributed by atoms with Crippen molar-refractivity contribution >= 4 is 5.97 Å². The summed E-state index contributed by atoms with van der Waals surface area (Å²) in [6.45, 7) is 7.41. The summed E-state index contributed by atoms with van der Waals surface area (Å²) >= 11 is 0. The number of nitrogens with two attached hydrogens (primary N) is 1. The Morgan fingerprint density at radius 3 is 2.00 bits per heavy atom. The number of rotatable bonds is 3. The maximum Gasteiger partial charge on any atom is 0.323 e. The van der Waals surface area contributed by atoms with E-state index >= 15 is 0 Å². The zero-order chi connectivity index (χ0) is 9.02. The Kier molecular flexibility index (Phi) is 4.11. The van der Waals surface area contributed by atoms with E-state index in [9.17, 15) is 4.79 Å². The van der Waals surface area contributed by atoms with Crippen LogP contribution >= 0.6 is 0 Å². The van der Waals surface area contributed by atoms with Crippen LogP contribution in [0.3, 0.4) is 0 Å². The molecule has 0 unspecified atom stereocenters. The van der Waals surface area contributed by atoms with Crippen molar-refractivity contribution in [2.75, 3.05) is 0 Å². The lowest BCUT2D eigenvalue weighted by molar-refractivity contribution is -0.150. The molecule has 0 saturated heterocycles. The molecule has 0 aliphatic carbocycles. The number of carbonyl (C=O) groups is 1. The minimum absolute atomic E-state index is 0.0766. The average molecular weight is 159 g/mol. The zero-order valence-electron chi connectivity index (χ0n) is 7.63. The predicted molar refractivity (Wildman–Crippen MR) is 44.0 cm³/mol. The third-order valence-electron chi connectivity index (χ3n) is 1.34. The van der Waals surface area contributed by atoms with E-state index in [1.165, 1.54) is 0 Å². The number of ether oxygens (including phenoxy) is 1. The monoisotopic (exact) mass is 159 g/mol. The summed E-state index contributed by atoms with van der Waals surface area (Å²) in [4.78, 5) is 11.0. The Morgan fingerprint density at radius 1 is 1.27 bits per heavy atom. The highest BCUT2D eigenvalue weighted by Crippen LogP contribution is 2.02. The summed E-state index contributed by atoms with van der Waals surface area (Å²) in [5, 5.41) is 0. The van der Waals surface area contributed by atoms with Crippen LogP contribution in [0.5, 0.6) is 0 Å². The first-order valence-corrected chi connectivity index (χ1v) is 3.91. The van der Waals surface area contributed by atoms with Gasteiger partial charge in [-0.1, -0.05) is 13.8 Å². The van der Waals surface area contributed by atoms with Crippen molar-refractivity contribution in [2.45, 2.75) is 39.8 Å². The van der Waals surface area contributed by atoms with E-state index in [0.29, 0.717) is 0 Å². The zero-order valence-corrected chi connectivity index (χ0v) is 7.63. The van der Waals surface area contributed by atoms with Gasteiger partial charge in [0.2, 0.25) is 0 Å². The molecule has 2 N–H and O–H groups in total. The van der Waals surface area contributed by atoms with Crippen molar-refractivity contribution in [3.05, 3.63) is 0 Å². The first kappa shape index (κ1) is 10.4. The summed E-state index contributed by atoms with van der Waals surface area (Å²) in [5.74, 6) is -0.170. The van der Waals surface area contributed by atoms with Crippen LogP contribution in [-0.2, 0) is 9.53 Å². The third kappa shape index (κ3) is 3.98. The van der Waals surface area contributed by atoms with Gasteiger partial charge in [0.1, 0.15) is 6.04 Å². The quantitative estimate of drug-likeness (QED) is 0.623. The first-order chi connectivity index (χ1) is 4.95. The van der Waals surface area contributed by atoms with E-state index < -0.39 is 6.04 Å². The van der Waals surface area contributed by atoms with E-state index in [2.05, 4.69) is 0 Å². The minimum Gasteiger partial charge on any atom is -0.462 e. The van der Waals surface area contributed by atoms with Crippen molar-refractivity contribution in [2.24, 2.45) is 11.7 Å². The Balaban J connectivity index is 3.83. The Bertz CT molecular complexity index is 132. The third-order valence-corrected chi connectivity index (χ3v) is 1.34. The summed E-state index contributed by atoms with van der Waals surface area (Å²) in [6.07, 6.45) is -0.0766. The van der Waals surface area contributed by atoms with E-state index in [1.54, 1.807) is 0 Å². The van der Waals surface area contributed by atoms with Crippen LogP contribution in [0.2, 0.25) is 0 Å². The van der Waals surface area contributed by atoms with E-state index in [0.717, 1.165) is 0 Å². The van der Waals surface area contributed by atoms with Crippen molar-refractivity contribution < 1.29 is 9.53 Å². The lowest BCUT2D eigenvalue weighted by Crippen LogP contribution is -2.38. The normalized spacial score (nSPS) is 13.7. The molecule has 3 nitrogen and oxygen atoms in total. The predicted octanol–water partition coefficient (Wildman–Crippen LogP) is 0.921. The van der Waals surface area contributed by atoms with Crippen LogP contribution < -0.4 is 5.73 Å². The molecule has 0 aliphatic rings. The Morgan fingerprint density at radius 2 is 1.73 bits per heavy atom. The van der Waals surface area contributed by atoms with Crippen LogP contribution in [0.4, 0.5) is 0 Å². The highest BCUT2D eigenvalue weighted by atomic mass is 16.5. The van der Waals surface area contributed by atoms with E-state index in [1.807, 2.05) is 27.7 Å². The van der Waals surface area contributed by atoms with Crippen LogP contribution in [0.25, 0.3) is 0 Å². The van der Waals surface area contributed by atoms with Gasteiger partial charge in [-0.15, -0.1) is 0 Å². The topological polar surface area (TPSA) is 52.3 Å². The van der Waals surface area contributed by atoms with E-state index in [-0.39, 0.29) is 18.0 Å². The highest BCUT2D eigenvalue weighted by molar-refractivity contribution is 5.75. The molecule has 1 atom stereocenters. The molecule has 3 heteroatoms. The summed E-state index contributed by atoms with van der Waals surface area (Å²) in [6, 6.07) is -0.489. The number of hydrogen-bond acceptors (Lipinski definition) is 3. The Hall–Kier alpha value is -0.570. The second-order valence-electron chi connectivity index (χ2n) is 3.26. The van der Waals surface area contributed by atoms with Gasteiger partial charge >= 0.3 is 5.97 Å². The molecule has 0 spiro atoms. The molecule has 0 aliphatic heterocycles. The molecule has 0 amide bonds. The average Bonchev–Trinajstić information content (AvgIpc) is 1.84. The van der Waals surface area contributed by atoms with Crippen LogP contribution in [0.15, 0.2) is 0 Å². The number of esters is 1. The summed E-state index contributed by atoms with van der Waals surface area (Å²) in [7, 11) is 0. The van der Waals surface area contributed by atoms with Crippen molar-refractivity contribution in [1.29, 1.82) is 0 Å². The molecule has 0 bridgehead atoms. The summed E-state index contributed by atoms with van der Waals surface area (Å²) in [5.41, 5.74) is 5.53. The fourth-order valence-electron chi connectivity index (χ4n) is 0.583. The molecule has 0 saturated carbocycles. The largest absolute Gasteiger partial charge is 0.462 e. The fraction of sp³-hybridized carbons (Fsp3) is 0.875.